The SMILES string of the molecule is O=C(N[C@H](Cc1c[nH]c2ccccc12)C(=O)O)[C@@H](CS)Cc1ccc(-c2ccccc2)cc1. The largest absolute Gasteiger partial charge is 0.480 e. The maximum atomic E-state index is 12.9. The molecule has 6 heteroatoms. The summed E-state index contributed by atoms with van der Waals surface area (Å²) in [6.45, 7) is 0. The van der Waals surface area contributed by atoms with Gasteiger partial charge in [0.05, 0.1) is 5.92 Å². The molecule has 0 unspecified atom stereocenters. The number of aromatic nitrogens is 1. The van der Waals surface area contributed by atoms with E-state index in [1.54, 1.807) is 6.20 Å². The van der Waals surface area contributed by atoms with Crippen LogP contribution in [0.4, 0.5) is 0 Å². The van der Waals surface area contributed by atoms with Gasteiger partial charge in [0, 0.05) is 29.3 Å². The third kappa shape index (κ3) is 5.46. The Morgan fingerprint density at radius 2 is 1.55 bits per heavy atom. The van der Waals surface area contributed by atoms with Crippen LogP contribution < -0.4 is 5.32 Å². The highest BCUT2D eigenvalue weighted by molar-refractivity contribution is 7.80. The Morgan fingerprint density at radius 1 is 0.879 bits per heavy atom. The van der Waals surface area contributed by atoms with Crippen molar-refractivity contribution >= 4 is 35.4 Å². The van der Waals surface area contributed by atoms with E-state index in [0.717, 1.165) is 33.2 Å². The van der Waals surface area contributed by atoms with E-state index in [9.17, 15) is 14.7 Å². The number of para-hydroxylation sites is 1. The fraction of sp³-hybridized carbons (Fsp3) is 0.185. The molecular weight excluding hydrogens is 432 g/mol. The van der Waals surface area contributed by atoms with Crippen molar-refractivity contribution < 1.29 is 14.7 Å². The predicted octanol–water partition coefficient (Wildman–Crippen LogP) is 4.74. The second-order valence-corrected chi connectivity index (χ2v) is 8.47. The Balaban J connectivity index is 1.43. The van der Waals surface area contributed by atoms with Crippen molar-refractivity contribution in [3.05, 3.63) is 96.2 Å². The number of carboxylic acid groups (broad SMARTS) is 1. The van der Waals surface area contributed by atoms with Crippen LogP contribution in [-0.4, -0.2) is 33.8 Å². The number of carbonyl (C=O) groups excluding carboxylic acids is 1. The summed E-state index contributed by atoms with van der Waals surface area (Å²) < 4.78 is 0. The third-order valence-electron chi connectivity index (χ3n) is 5.85. The number of aliphatic carboxylic acids is 1. The van der Waals surface area contributed by atoms with Crippen molar-refractivity contribution in [2.75, 3.05) is 5.75 Å². The third-order valence-corrected chi connectivity index (χ3v) is 6.29. The molecule has 168 valence electrons. The zero-order valence-corrected chi connectivity index (χ0v) is 19.0. The van der Waals surface area contributed by atoms with Crippen molar-refractivity contribution in [1.82, 2.24) is 10.3 Å². The van der Waals surface area contributed by atoms with E-state index in [-0.39, 0.29) is 12.3 Å². The number of hydrogen-bond acceptors (Lipinski definition) is 3. The zero-order valence-electron chi connectivity index (χ0n) is 18.1. The van der Waals surface area contributed by atoms with Crippen molar-refractivity contribution in [3.8, 4) is 11.1 Å². The Kier molecular flexibility index (Phi) is 7.15. The van der Waals surface area contributed by atoms with E-state index < -0.39 is 17.9 Å². The van der Waals surface area contributed by atoms with Crippen molar-refractivity contribution in [1.29, 1.82) is 0 Å². The van der Waals surface area contributed by atoms with Gasteiger partial charge < -0.3 is 15.4 Å². The molecule has 4 aromatic rings. The topological polar surface area (TPSA) is 82.2 Å². The predicted molar refractivity (Wildman–Crippen MR) is 134 cm³/mol. The Bertz CT molecular complexity index is 1240. The summed E-state index contributed by atoms with van der Waals surface area (Å²) in [4.78, 5) is 28.0. The van der Waals surface area contributed by atoms with Crippen LogP contribution in [0, 0.1) is 5.92 Å². The molecule has 1 heterocycles. The molecule has 4 rings (SSSR count). The lowest BCUT2D eigenvalue weighted by molar-refractivity contribution is -0.142. The maximum absolute atomic E-state index is 12.9. The van der Waals surface area contributed by atoms with Crippen LogP contribution in [0.1, 0.15) is 11.1 Å². The molecule has 0 radical (unpaired) electrons. The van der Waals surface area contributed by atoms with E-state index in [1.165, 1.54) is 0 Å². The lowest BCUT2D eigenvalue weighted by Crippen LogP contribution is -2.45. The average Bonchev–Trinajstić information content (AvgIpc) is 3.25. The summed E-state index contributed by atoms with van der Waals surface area (Å²) in [6.07, 6.45) is 2.50. The fourth-order valence-corrected chi connectivity index (χ4v) is 4.29. The molecule has 5 nitrogen and oxygen atoms in total. The number of hydrogen-bond donors (Lipinski definition) is 4. The monoisotopic (exact) mass is 458 g/mol. The molecule has 0 saturated heterocycles. The number of fused-ring (bicyclic) bond motifs is 1. The Morgan fingerprint density at radius 3 is 2.24 bits per heavy atom. The standard InChI is InChI=1S/C27H26N2O3S/c30-26(29-25(27(31)32)15-21-16-28-24-9-5-4-8-23(21)24)22(17-33)14-18-10-12-20(13-11-18)19-6-2-1-3-7-19/h1-13,16,22,25,28,33H,14-15,17H2,(H,29,30)(H,31,32)/t22-,25-/m1/s1. The van der Waals surface area contributed by atoms with Gasteiger partial charge in [0.2, 0.25) is 5.91 Å². The number of carboxylic acids is 1. The summed E-state index contributed by atoms with van der Waals surface area (Å²) in [6, 6.07) is 24.9. The highest BCUT2D eigenvalue weighted by Crippen LogP contribution is 2.22. The van der Waals surface area contributed by atoms with Gasteiger partial charge in [-0.3, -0.25) is 4.79 Å². The molecule has 0 aliphatic heterocycles. The lowest BCUT2D eigenvalue weighted by Gasteiger charge is -2.19. The molecule has 0 bridgehead atoms. The molecule has 0 aliphatic carbocycles. The summed E-state index contributed by atoms with van der Waals surface area (Å²) in [5.74, 6) is -1.46. The first-order valence-electron chi connectivity index (χ1n) is 10.9. The van der Waals surface area contributed by atoms with Crippen LogP contribution in [0.5, 0.6) is 0 Å². The van der Waals surface area contributed by atoms with E-state index >= 15 is 0 Å². The second-order valence-electron chi connectivity index (χ2n) is 8.11. The number of thiol groups is 1. The van der Waals surface area contributed by atoms with Gasteiger partial charge in [0.1, 0.15) is 6.04 Å². The van der Waals surface area contributed by atoms with Crippen molar-refractivity contribution in [3.63, 3.8) is 0 Å². The number of carbonyl (C=O) groups is 2. The van der Waals surface area contributed by atoms with Gasteiger partial charge in [-0.15, -0.1) is 0 Å². The molecule has 0 spiro atoms. The molecule has 0 aliphatic rings. The van der Waals surface area contributed by atoms with Gasteiger partial charge in [0.15, 0.2) is 0 Å². The first-order valence-corrected chi connectivity index (χ1v) is 11.5. The van der Waals surface area contributed by atoms with Gasteiger partial charge in [-0.25, -0.2) is 4.79 Å². The smallest absolute Gasteiger partial charge is 0.326 e. The van der Waals surface area contributed by atoms with Crippen LogP contribution in [-0.2, 0) is 22.4 Å². The quantitative estimate of drug-likeness (QED) is 0.274. The highest BCUT2D eigenvalue weighted by Gasteiger charge is 2.26. The first-order chi connectivity index (χ1) is 16.0. The number of aromatic amines is 1. The minimum absolute atomic E-state index is 0.205. The van der Waals surface area contributed by atoms with Crippen molar-refractivity contribution in [2.45, 2.75) is 18.9 Å². The molecule has 0 saturated carbocycles. The number of nitrogens with one attached hydrogen (secondary N) is 2. The number of rotatable bonds is 9. The molecule has 2 atom stereocenters. The summed E-state index contributed by atoms with van der Waals surface area (Å²) in [5, 5.41) is 13.4. The molecular formula is C27H26N2O3S. The summed E-state index contributed by atoms with van der Waals surface area (Å²) >= 11 is 4.36. The minimum Gasteiger partial charge on any atom is -0.480 e. The molecule has 0 fully saturated rings. The van der Waals surface area contributed by atoms with Gasteiger partial charge in [-0.1, -0.05) is 72.8 Å². The van der Waals surface area contributed by atoms with E-state index in [4.69, 9.17) is 0 Å². The van der Waals surface area contributed by atoms with Gasteiger partial charge in [0.25, 0.3) is 0 Å². The van der Waals surface area contributed by atoms with E-state index in [0.29, 0.717) is 12.2 Å². The van der Waals surface area contributed by atoms with Crippen LogP contribution in [0.25, 0.3) is 22.0 Å². The Hall–Kier alpha value is -3.51. The number of amides is 1. The molecule has 33 heavy (non-hydrogen) atoms. The van der Waals surface area contributed by atoms with Gasteiger partial charge in [-0.05, 0) is 34.7 Å². The second kappa shape index (κ2) is 10.4. The maximum Gasteiger partial charge on any atom is 0.326 e. The molecule has 1 amide bonds. The minimum atomic E-state index is -1.06. The molecule has 3 N–H and O–H groups in total. The number of benzene rings is 3. The van der Waals surface area contributed by atoms with Gasteiger partial charge in [-0.2, -0.15) is 12.6 Å². The van der Waals surface area contributed by atoms with Crippen LogP contribution in [0.15, 0.2) is 85.1 Å². The summed E-state index contributed by atoms with van der Waals surface area (Å²) in [7, 11) is 0. The van der Waals surface area contributed by atoms with E-state index in [2.05, 4.69) is 35.1 Å². The first kappa shape index (κ1) is 22.7. The van der Waals surface area contributed by atoms with Crippen molar-refractivity contribution in [2.24, 2.45) is 5.92 Å². The van der Waals surface area contributed by atoms with Crippen LogP contribution >= 0.6 is 12.6 Å². The number of H-pyrrole nitrogens is 1. The lowest BCUT2D eigenvalue weighted by atomic mass is 9.96. The fourth-order valence-electron chi connectivity index (χ4n) is 4.00. The molecule has 1 aromatic heterocycles. The molecule has 3 aromatic carbocycles. The van der Waals surface area contributed by atoms with E-state index in [1.807, 2.05) is 66.7 Å². The zero-order chi connectivity index (χ0) is 23.2. The normalized spacial score (nSPS) is 12.9. The Labute approximate surface area is 198 Å². The average molecular weight is 459 g/mol. The van der Waals surface area contributed by atoms with Crippen LogP contribution in [0.2, 0.25) is 0 Å². The summed E-state index contributed by atoms with van der Waals surface area (Å²) in [5.41, 5.74) is 5.05. The highest BCUT2D eigenvalue weighted by atomic mass is 32.1. The van der Waals surface area contributed by atoms with Crippen LogP contribution in [0.3, 0.4) is 0 Å². The van der Waals surface area contributed by atoms with Gasteiger partial charge >= 0.3 is 5.97 Å².